The summed E-state index contributed by atoms with van der Waals surface area (Å²) in [4.78, 5) is 66.0. The fourth-order valence-electron chi connectivity index (χ4n) is 7.15. The van der Waals surface area contributed by atoms with Crippen LogP contribution in [-0.2, 0) is 30.0 Å². The van der Waals surface area contributed by atoms with E-state index in [4.69, 9.17) is 25.8 Å². The van der Waals surface area contributed by atoms with Crippen LogP contribution in [0.15, 0.2) is 59.6 Å². The van der Waals surface area contributed by atoms with Crippen LogP contribution in [0.2, 0.25) is 17.7 Å². The SMILES string of the molecule is CN=C(/C=C(\C)c1ccc(OCCCOCCC(=O)NCC[B]CCOCCNc2cccc(C=O)c2C(=O)N(C)C2CCC(=O)NC2=O)c(-c2ccc(Cl)c(C(F)(F)F)c2)c1C)C(F)(F)F. The highest BCUT2D eigenvalue weighted by atomic mass is 35.5. The summed E-state index contributed by atoms with van der Waals surface area (Å²) in [5, 5.41) is 7.64. The fourth-order valence-corrected chi connectivity index (χ4v) is 7.38. The summed E-state index contributed by atoms with van der Waals surface area (Å²) in [6.45, 7) is 4.82. The molecule has 3 N–H and O–H groups in total. The first kappa shape index (κ1) is 53.9. The molecule has 0 spiro atoms. The molecule has 4 rings (SSSR count). The first-order valence-electron chi connectivity index (χ1n) is 21.3. The molecule has 13 nitrogen and oxygen atoms in total. The Morgan fingerprint density at radius 2 is 1.73 bits per heavy atom. The third kappa shape index (κ3) is 15.7. The predicted molar refractivity (Wildman–Crippen MR) is 243 cm³/mol. The van der Waals surface area contributed by atoms with E-state index in [0.29, 0.717) is 61.9 Å². The number of imide groups is 1. The molecule has 1 heterocycles. The molecule has 361 valence electrons. The van der Waals surface area contributed by atoms with Crippen molar-refractivity contribution in [3.8, 4) is 16.9 Å². The van der Waals surface area contributed by atoms with E-state index in [1.807, 2.05) is 7.28 Å². The second-order valence-corrected chi connectivity index (χ2v) is 15.7. The summed E-state index contributed by atoms with van der Waals surface area (Å²) in [6.07, 6.45) is -6.14. The van der Waals surface area contributed by atoms with Crippen LogP contribution in [0, 0.1) is 6.92 Å². The van der Waals surface area contributed by atoms with Crippen LogP contribution in [0.25, 0.3) is 16.7 Å². The molecule has 1 radical (unpaired) electrons. The molecule has 4 amide bonds. The zero-order valence-electron chi connectivity index (χ0n) is 37.4. The average molecular weight is 963 g/mol. The normalized spacial score (nSPS) is 14.6. The first-order chi connectivity index (χ1) is 31.8. The maximum Gasteiger partial charge on any atom is 0.432 e. The number of nitrogens with zero attached hydrogens (tertiary/aromatic N) is 2. The van der Waals surface area contributed by atoms with Crippen molar-refractivity contribution in [2.24, 2.45) is 4.99 Å². The van der Waals surface area contributed by atoms with Gasteiger partial charge in [-0.05, 0) is 72.9 Å². The smallest absolute Gasteiger partial charge is 0.432 e. The lowest BCUT2D eigenvalue weighted by molar-refractivity contribution is -0.138. The van der Waals surface area contributed by atoms with Gasteiger partial charge in [-0.1, -0.05) is 48.5 Å². The molecular formula is C46H52BClF6N5O8. The topological polar surface area (TPSA) is 165 Å². The number of nitrogens with one attached hydrogen (secondary N) is 3. The summed E-state index contributed by atoms with van der Waals surface area (Å²) in [7, 11) is 4.43. The number of likely N-dealkylation sites (N-methyl/N-ethyl adjacent to an activating group) is 1. The standard InChI is InChI=1S/C46H52BClF6N5O8/c1-28(25-38(55-3)46(52,53)54)32-10-13-37(41(29(32)2)30-9-11-34(48)33(26-30)45(49,50)51)67-21-6-20-65-22-15-39(61)57-18-16-47-17-23-66-24-19-56-35-8-5-7-31(27-60)42(35)44(64)59(4)36-12-14-40(62)58-43(36)63/h5,7-11,13,25-27,36,56H,6,12,14-24H2,1-4H3,(H,57,61)(H,58,62,63)/b28-25+,55-38?. The van der Waals surface area contributed by atoms with E-state index in [0.717, 1.165) is 25.3 Å². The van der Waals surface area contributed by atoms with Gasteiger partial charge < -0.3 is 29.7 Å². The number of aldehydes is 1. The van der Waals surface area contributed by atoms with Crippen LogP contribution in [0.1, 0.15) is 70.0 Å². The number of hydrogen-bond acceptors (Lipinski definition) is 10. The van der Waals surface area contributed by atoms with E-state index < -0.39 is 52.4 Å². The van der Waals surface area contributed by atoms with Crippen LogP contribution in [0.4, 0.5) is 32.0 Å². The van der Waals surface area contributed by atoms with Crippen molar-refractivity contribution in [1.82, 2.24) is 15.5 Å². The van der Waals surface area contributed by atoms with Gasteiger partial charge in [-0.2, -0.15) is 26.3 Å². The number of allylic oxidation sites excluding steroid dienone is 2. The number of halogens is 7. The summed E-state index contributed by atoms with van der Waals surface area (Å²) in [5.41, 5.74) is -0.298. The second kappa shape index (κ2) is 25.4. The van der Waals surface area contributed by atoms with E-state index in [-0.39, 0.29) is 85.2 Å². The molecule has 0 aliphatic carbocycles. The largest absolute Gasteiger partial charge is 0.493 e. The van der Waals surface area contributed by atoms with Crippen molar-refractivity contribution in [3.63, 3.8) is 0 Å². The number of alkyl halides is 6. The number of anilines is 1. The third-order valence-electron chi connectivity index (χ3n) is 10.6. The van der Waals surface area contributed by atoms with Gasteiger partial charge in [0.15, 0.2) is 6.29 Å². The Bertz CT molecular complexity index is 2310. The molecule has 1 aliphatic rings. The van der Waals surface area contributed by atoms with E-state index in [1.54, 1.807) is 19.1 Å². The number of amides is 4. The minimum absolute atomic E-state index is 0.0759. The number of aliphatic imine (C=N–C) groups is 1. The van der Waals surface area contributed by atoms with Gasteiger partial charge in [0.25, 0.3) is 5.91 Å². The average Bonchev–Trinajstić information content (AvgIpc) is 3.27. The third-order valence-corrected chi connectivity index (χ3v) is 10.9. The van der Waals surface area contributed by atoms with Gasteiger partial charge in [-0.3, -0.25) is 34.3 Å². The van der Waals surface area contributed by atoms with E-state index in [9.17, 15) is 50.3 Å². The number of rotatable bonds is 24. The number of ether oxygens (including phenoxy) is 3. The Balaban J connectivity index is 1.15. The Hall–Kier alpha value is -5.73. The molecular weight excluding hydrogens is 911 g/mol. The molecule has 1 saturated heterocycles. The van der Waals surface area contributed by atoms with Gasteiger partial charge in [0.05, 0.1) is 36.0 Å². The van der Waals surface area contributed by atoms with Crippen LogP contribution < -0.4 is 20.7 Å². The number of carbonyl (C=O) groups excluding carboxylic acids is 5. The zero-order valence-corrected chi connectivity index (χ0v) is 38.2. The molecule has 3 aromatic rings. The van der Waals surface area contributed by atoms with Gasteiger partial charge in [0.2, 0.25) is 17.7 Å². The van der Waals surface area contributed by atoms with Gasteiger partial charge >= 0.3 is 12.4 Å². The molecule has 67 heavy (non-hydrogen) atoms. The molecule has 1 unspecified atom stereocenters. The lowest BCUT2D eigenvalue weighted by Crippen LogP contribution is -2.53. The minimum atomic E-state index is -4.77. The van der Waals surface area contributed by atoms with Crippen molar-refractivity contribution < 1.29 is 64.5 Å². The summed E-state index contributed by atoms with van der Waals surface area (Å²) >= 11 is 5.87. The van der Waals surface area contributed by atoms with Crippen LogP contribution in [0.5, 0.6) is 5.75 Å². The van der Waals surface area contributed by atoms with E-state index >= 15 is 0 Å². The second-order valence-electron chi connectivity index (χ2n) is 15.3. The van der Waals surface area contributed by atoms with Gasteiger partial charge in [0, 0.05) is 76.5 Å². The molecule has 1 atom stereocenters. The monoisotopic (exact) mass is 962 g/mol. The molecule has 0 aromatic heterocycles. The van der Waals surface area contributed by atoms with Crippen molar-refractivity contribution in [2.45, 2.75) is 70.6 Å². The lowest BCUT2D eigenvalue weighted by Gasteiger charge is -2.30. The highest BCUT2D eigenvalue weighted by Gasteiger charge is 2.36. The Labute approximate surface area is 390 Å². The number of carbonyl (C=O) groups is 5. The number of benzene rings is 3. The highest BCUT2D eigenvalue weighted by Crippen LogP contribution is 2.42. The van der Waals surface area contributed by atoms with Gasteiger partial charge in [-0.15, -0.1) is 0 Å². The van der Waals surface area contributed by atoms with Gasteiger partial charge in [0.1, 0.15) is 24.8 Å². The maximum absolute atomic E-state index is 13.8. The van der Waals surface area contributed by atoms with Gasteiger partial charge in [-0.25, -0.2) is 0 Å². The Morgan fingerprint density at radius 1 is 0.985 bits per heavy atom. The molecule has 3 aromatic carbocycles. The minimum Gasteiger partial charge on any atom is -0.493 e. The van der Waals surface area contributed by atoms with Crippen molar-refractivity contribution in [3.05, 3.63) is 87.4 Å². The van der Waals surface area contributed by atoms with Crippen molar-refractivity contribution in [2.75, 3.05) is 65.5 Å². The van der Waals surface area contributed by atoms with Crippen molar-refractivity contribution in [1.29, 1.82) is 0 Å². The molecule has 21 heteroatoms. The quantitative estimate of drug-likeness (QED) is 0.0202. The fraction of sp³-hybridized carbons (Fsp3) is 0.435. The maximum atomic E-state index is 13.8. The van der Waals surface area contributed by atoms with E-state index in [1.165, 1.54) is 43.1 Å². The molecule has 1 aliphatic heterocycles. The number of piperidine rings is 1. The zero-order chi connectivity index (χ0) is 49.3. The Kier molecular flexibility index (Phi) is 20.4. The first-order valence-corrected chi connectivity index (χ1v) is 21.7. The summed E-state index contributed by atoms with van der Waals surface area (Å²) in [6, 6.07) is 10.3. The van der Waals surface area contributed by atoms with E-state index in [2.05, 4.69) is 20.9 Å². The van der Waals surface area contributed by atoms with Crippen molar-refractivity contribution >= 4 is 65.8 Å². The molecule has 1 fully saturated rings. The molecule has 0 bridgehead atoms. The van der Waals surface area contributed by atoms with Crippen LogP contribution >= 0.6 is 11.6 Å². The molecule has 0 saturated carbocycles. The lowest BCUT2D eigenvalue weighted by atomic mass is 9.71. The predicted octanol–water partition coefficient (Wildman–Crippen LogP) is 8.02. The summed E-state index contributed by atoms with van der Waals surface area (Å²) in [5.74, 6) is -1.54. The number of hydrogen-bond donors (Lipinski definition) is 3. The van der Waals surface area contributed by atoms with Crippen LogP contribution in [0.3, 0.4) is 0 Å². The highest BCUT2D eigenvalue weighted by molar-refractivity contribution is 6.35. The Morgan fingerprint density at radius 3 is 2.42 bits per heavy atom. The van der Waals surface area contributed by atoms with Crippen LogP contribution in [-0.4, -0.2) is 120 Å². The summed E-state index contributed by atoms with van der Waals surface area (Å²) < 4.78 is 99.1.